The van der Waals surface area contributed by atoms with Crippen molar-refractivity contribution in [3.63, 3.8) is 0 Å². The predicted molar refractivity (Wildman–Crippen MR) is 106 cm³/mol. The van der Waals surface area contributed by atoms with Crippen LogP contribution < -0.4 is 9.46 Å². The Morgan fingerprint density at radius 1 is 1.30 bits per heavy atom. The van der Waals surface area contributed by atoms with Gasteiger partial charge in [-0.1, -0.05) is 18.2 Å². The highest BCUT2D eigenvalue weighted by Crippen LogP contribution is 2.21. The molecule has 1 saturated heterocycles. The molecule has 3 rings (SSSR count). The lowest BCUT2D eigenvalue weighted by molar-refractivity contribution is -0.131. The van der Waals surface area contributed by atoms with E-state index >= 15 is 0 Å². The Kier molecular flexibility index (Phi) is 6.18. The average molecular weight is 409 g/mol. The van der Waals surface area contributed by atoms with Crippen LogP contribution in [-0.4, -0.2) is 45.5 Å². The van der Waals surface area contributed by atoms with Crippen LogP contribution in [0.5, 0.6) is 5.75 Å². The number of likely N-dealkylation sites (tertiary alicyclic amines) is 1. The molecule has 1 N–H and O–H groups in total. The molecule has 1 aliphatic heterocycles. The lowest BCUT2D eigenvalue weighted by atomic mass is 10.0. The number of thiophene rings is 1. The molecule has 1 aliphatic rings. The molecule has 1 amide bonds. The number of benzene rings is 1. The number of nitrogens with zero attached hydrogens (tertiary/aromatic N) is 1. The van der Waals surface area contributed by atoms with Crippen LogP contribution in [-0.2, 0) is 21.2 Å². The van der Waals surface area contributed by atoms with Crippen molar-refractivity contribution in [3.8, 4) is 5.75 Å². The van der Waals surface area contributed by atoms with E-state index in [9.17, 15) is 13.2 Å². The van der Waals surface area contributed by atoms with Gasteiger partial charge in [0.15, 0.2) is 0 Å². The summed E-state index contributed by atoms with van der Waals surface area (Å²) in [5.41, 5.74) is 1.95. The van der Waals surface area contributed by atoms with E-state index in [1.54, 1.807) is 24.6 Å². The van der Waals surface area contributed by atoms with Gasteiger partial charge in [-0.3, -0.25) is 4.79 Å². The summed E-state index contributed by atoms with van der Waals surface area (Å²) in [6, 6.07) is 8.97. The molecule has 146 valence electrons. The quantitative estimate of drug-likeness (QED) is 0.797. The van der Waals surface area contributed by atoms with E-state index in [2.05, 4.69) is 4.72 Å². The fourth-order valence-electron chi connectivity index (χ4n) is 3.20. The van der Waals surface area contributed by atoms with Gasteiger partial charge in [-0.15, -0.1) is 11.3 Å². The number of ether oxygens (including phenoxy) is 1. The summed E-state index contributed by atoms with van der Waals surface area (Å²) < 4.78 is 33.0. The van der Waals surface area contributed by atoms with Crippen LogP contribution >= 0.6 is 11.3 Å². The number of hydrogen-bond acceptors (Lipinski definition) is 5. The second kappa shape index (κ2) is 8.41. The highest BCUT2D eigenvalue weighted by Gasteiger charge is 2.27. The molecule has 27 heavy (non-hydrogen) atoms. The molecule has 1 fully saturated rings. The SMILES string of the molecule is COc1cc(CC(=O)N2CCC(NS(=O)(=O)c3cccs3)CC2)ccc1C. The van der Waals surface area contributed by atoms with E-state index in [1.807, 2.05) is 30.0 Å². The maximum Gasteiger partial charge on any atom is 0.250 e. The molecule has 0 unspecified atom stereocenters. The minimum Gasteiger partial charge on any atom is -0.496 e. The number of piperidine rings is 1. The molecular weight excluding hydrogens is 384 g/mol. The summed E-state index contributed by atoms with van der Waals surface area (Å²) in [6.45, 7) is 3.07. The molecule has 1 aromatic carbocycles. The molecule has 0 atom stereocenters. The Labute approximate surface area is 164 Å². The number of carbonyl (C=O) groups is 1. The number of amides is 1. The molecule has 0 bridgehead atoms. The Morgan fingerprint density at radius 3 is 2.67 bits per heavy atom. The fraction of sp³-hybridized carbons (Fsp3) is 0.421. The first kappa shape index (κ1) is 19.9. The molecular formula is C19H24N2O4S2. The zero-order valence-corrected chi connectivity index (χ0v) is 17.1. The maximum absolute atomic E-state index is 12.6. The Hall–Kier alpha value is -1.90. The van der Waals surface area contributed by atoms with Gasteiger partial charge in [-0.2, -0.15) is 0 Å². The summed E-state index contributed by atoms with van der Waals surface area (Å²) in [5.74, 6) is 0.836. The van der Waals surface area contributed by atoms with E-state index in [1.165, 1.54) is 11.3 Å². The number of sulfonamides is 1. The van der Waals surface area contributed by atoms with Gasteiger partial charge in [0.05, 0.1) is 13.5 Å². The van der Waals surface area contributed by atoms with Crippen molar-refractivity contribution in [1.82, 2.24) is 9.62 Å². The number of aryl methyl sites for hydroxylation is 1. The molecule has 1 aromatic heterocycles. The Balaban J connectivity index is 1.53. The molecule has 0 saturated carbocycles. The summed E-state index contributed by atoms with van der Waals surface area (Å²) in [5, 5.41) is 1.75. The monoisotopic (exact) mass is 408 g/mol. The number of hydrogen-bond donors (Lipinski definition) is 1. The van der Waals surface area contributed by atoms with Gasteiger partial charge in [0.2, 0.25) is 15.9 Å². The standard InChI is InChI=1S/C19H24N2O4S2/c1-14-5-6-15(12-17(14)25-2)13-18(22)21-9-7-16(8-10-21)20-27(23,24)19-4-3-11-26-19/h3-6,11-12,16,20H,7-10,13H2,1-2H3. The van der Waals surface area contributed by atoms with Crippen molar-refractivity contribution in [2.24, 2.45) is 0 Å². The van der Waals surface area contributed by atoms with Crippen LogP contribution in [0.25, 0.3) is 0 Å². The number of methoxy groups -OCH3 is 1. The summed E-state index contributed by atoms with van der Waals surface area (Å²) in [7, 11) is -1.84. The smallest absolute Gasteiger partial charge is 0.250 e. The first-order valence-electron chi connectivity index (χ1n) is 8.86. The van der Waals surface area contributed by atoms with Gasteiger partial charge >= 0.3 is 0 Å². The Morgan fingerprint density at radius 2 is 2.04 bits per heavy atom. The topological polar surface area (TPSA) is 75.7 Å². The third-order valence-corrected chi connectivity index (χ3v) is 7.68. The van der Waals surface area contributed by atoms with Crippen molar-refractivity contribution in [2.75, 3.05) is 20.2 Å². The fourth-order valence-corrected chi connectivity index (χ4v) is 5.52. The van der Waals surface area contributed by atoms with Crippen LogP contribution in [0.4, 0.5) is 0 Å². The van der Waals surface area contributed by atoms with Crippen molar-refractivity contribution in [1.29, 1.82) is 0 Å². The van der Waals surface area contributed by atoms with E-state index in [-0.39, 0.29) is 11.9 Å². The van der Waals surface area contributed by atoms with E-state index in [0.717, 1.165) is 16.9 Å². The normalized spacial score (nSPS) is 15.7. The van der Waals surface area contributed by atoms with Crippen LogP contribution in [0.3, 0.4) is 0 Å². The largest absolute Gasteiger partial charge is 0.496 e. The van der Waals surface area contributed by atoms with Gasteiger partial charge in [-0.25, -0.2) is 13.1 Å². The van der Waals surface area contributed by atoms with Crippen LogP contribution in [0.1, 0.15) is 24.0 Å². The van der Waals surface area contributed by atoms with E-state index in [4.69, 9.17) is 4.74 Å². The molecule has 0 spiro atoms. The van der Waals surface area contributed by atoms with Gasteiger partial charge in [0, 0.05) is 19.1 Å². The van der Waals surface area contributed by atoms with Gasteiger partial charge in [-0.05, 0) is 48.4 Å². The first-order chi connectivity index (χ1) is 12.9. The molecule has 2 heterocycles. The third-order valence-electron chi connectivity index (χ3n) is 4.76. The molecule has 6 nitrogen and oxygen atoms in total. The Bertz CT molecular complexity index is 886. The van der Waals surface area contributed by atoms with Crippen molar-refractivity contribution < 1.29 is 17.9 Å². The van der Waals surface area contributed by atoms with Crippen molar-refractivity contribution in [3.05, 3.63) is 46.8 Å². The van der Waals surface area contributed by atoms with Gasteiger partial charge < -0.3 is 9.64 Å². The zero-order valence-electron chi connectivity index (χ0n) is 15.5. The summed E-state index contributed by atoms with van der Waals surface area (Å²) >= 11 is 1.20. The number of carbonyl (C=O) groups excluding carboxylic acids is 1. The predicted octanol–water partition coefficient (Wildman–Crippen LogP) is 2.58. The first-order valence-corrected chi connectivity index (χ1v) is 11.2. The van der Waals surface area contributed by atoms with E-state index in [0.29, 0.717) is 36.6 Å². The second-order valence-corrected chi connectivity index (χ2v) is 9.58. The lowest BCUT2D eigenvalue weighted by Gasteiger charge is -2.32. The van der Waals surface area contributed by atoms with Crippen LogP contribution in [0.15, 0.2) is 39.9 Å². The van der Waals surface area contributed by atoms with Gasteiger partial charge in [0.25, 0.3) is 0 Å². The highest BCUT2D eigenvalue weighted by atomic mass is 32.2. The van der Waals surface area contributed by atoms with Crippen molar-refractivity contribution in [2.45, 2.75) is 36.4 Å². The summed E-state index contributed by atoms with van der Waals surface area (Å²) in [6.07, 6.45) is 1.56. The minimum atomic E-state index is -3.46. The molecule has 0 aliphatic carbocycles. The minimum absolute atomic E-state index is 0.0560. The number of rotatable bonds is 6. The van der Waals surface area contributed by atoms with Crippen LogP contribution in [0, 0.1) is 6.92 Å². The maximum atomic E-state index is 12.6. The van der Waals surface area contributed by atoms with Crippen LogP contribution in [0.2, 0.25) is 0 Å². The van der Waals surface area contributed by atoms with Gasteiger partial charge in [0.1, 0.15) is 9.96 Å². The molecule has 0 radical (unpaired) electrons. The summed E-state index contributed by atoms with van der Waals surface area (Å²) in [4.78, 5) is 14.4. The molecule has 2 aromatic rings. The van der Waals surface area contributed by atoms with Crippen molar-refractivity contribution >= 4 is 27.3 Å². The highest BCUT2D eigenvalue weighted by molar-refractivity contribution is 7.91. The second-order valence-electron chi connectivity index (χ2n) is 6.69. The van der Waals surface area contributed by atoms with E-state index < -0.39 is 10.0 Å². The zero-order chi connectivity index (χ0) is 19.4. The third kappa shape index (κ3) is 4.88. The lowest BCUT2D eigenvalue weighted by Crippen LogP contribution is -2.46. The average Bonchev–Trinajstić information content (AvgIpc) is 3.19. The number of nitrogens with one attached hydrogen (secondary N) is 1. The molecule has 8 heteroatoms.